The minimum Gasteiger partial charge on any atom is -0.356 e. The first-order valence-corrected chi connectivity index (χ1v) is 4.93. The third kappa shape index (κ3) is 2.07. The lowest BCUT2D eigenvalue weighted by molar-refractivity contribution is 0.424. The van der Waals surface area contributed by atoms with Crippen LogP contribution in [0, 0.1) is 13.8 Å². The Balaban J connectivity index is 2.44. The molecule has 0 amide bonds. The van der Waals surface area contributed by atoms with Crippen LogP contribution in [0.15, 0.2) is 28.8 Å². The van der Waals surface area contributed by atoms with Gasteiger partial charge in [-0.05, 0) is 26.0 Å². The molecule has 78 valence electrons. The fourth-order valence-electron chi connectivity index (χ4n) is 1.66. The number of hydrogen-bond donors (Lipinski definition) is 1. The average molecular weight is 202 g/mol. The molecule has 3 heteroatoms. The van der Waals surface area contributed by atoms with Crippen LogP contribution in [0.25, 0.3) is 11.3 Å². The smallest absolute Gasteiger partial charge is 0.167 e. The van der Waals surface area contributed by atoms with Gasteiger partial charge in [-0.1, -0.05) is 22.3 Å². The molecule has 0 saturated carbocycles. The number of hydrogen-bond acceptors (Lipinski definition) is 3. The van der Waals surface area contributed by atoms with Crippen molar-refractivity contribution in [2.24, 2.45) is 5.73 Å². The predicted molar refractivity (Wildman–Crippen MR) is 59.3 cm³/mol. The van der Waals surface area contributed by atoms with Crippen LogP contribution >= 0.6 is 0 Å². The van der Waals surface area contributed by atoms with Gasteiger partial charge in [-0.15, -0.1) is 0 Å². The Bertz CT molecular complexity index is 454. The third-order valence-corrected chi connectivity index (χ3v) is 2.27. The highest BCUT2D eigenvalue weighted by molar-refractivity contribution is 5.59. The van der Waals surface area contributed by atoms with Crippen molar-refractivity contribution >= 4 is 0 Å². The molecular weight excluding hydrogens is 188 g/mol. The van der Waals surface area contributed by atoms with Gasteiger partial charge in [0.05, 0.1) is 5.69 Å². The molecule has 0 saturated heterocycles. The van der Waals surface area contributed by atoms with Crippen molar-refractivity contribution < 1.29 is 4.52 Å². The monoisotopic (exact) mass is 202 g/mol. The normalized spacial score (nSPS) is 10.6. The second kappa shape index (κ2) is 3.87. The van der Waals surface area contributed by atoms with Gasteiger partial charge in [-0.3, -0.25) is 0 Å². The predicted octanol–water partition coefficient (Wildman–Crippen LogP) is 2.42. The summed E-state index contributed by atoms with van der Waals surface area (Å²) >= 11 is 0. The van der Waals surface area contributed by atoms with Crippen LogP contribution in [-0.2, 0) is 6.54 Å². The molecule has 0 radical (unpaired) electrons. The molecule has 0 unspecified atom stereocenters. The largest absolute Gasteiger partial charge is 0.356 e. The van der Waals surface area contributed by atoms with Gasteiger partial charge in [0.15, 0.2) is 5.76 Å². The molecule has 0 bridgehead atoms. The number of aromatic nitrogens is 1. The first-order chi connectivity index (χ1) is 7.19. The summed E-state index contributed by atoms with van der Waals surface area (Å²) in [6.45, 7) is 4.54. The first-order valence-electron chi connectivity index (χ1n) is 4.93. The van der Waals surface area contributed by atoms with Gasteiger partial charge >= 0.3 is 0 Å². The number of nitrogens with zero attached hydrogens (tertiary/aromatic N) is 1. The Morgan fingerprint density at radius 2 is 1.80 bits per heavy atom. The van der Waals surface area contributed by atoms with Crippen LogP contribution in [0.4, 0.5) is 0 Å². The number of rotatable bonds is 2. The molecule has 0 aliphatic rings. The highest BCUT2D eigenvalue weighted by Crippen LogP contribution is 2.22. The van der Waals surface area contributed by atoms with E-state index >= 15 is 0 Å². The van der Waals surface area contributed by atoms with Crippen molar-refractivity contribution in [3.05, 3.63) is 41.1 Å². The highest BCUT2D eigenvalue weighted by Gasteiger charge is 2.06. The second-order valence-electron chi connectivity index (χ2n) is 3.76. The van der Waals surface area contributed by atoms with E-state index in [9.17, 15) is 0 Å². The van der Waals surface area contributed by atoms with E-state index in [1.54, 1.807) is 0 Å². The quantitative estimate of drug-likeness (QED) is 0.813. The van der Waals surface area contributed by atoms with Crippen LogP contribution in [0.1, 0.15) is 16.8 Å². The van der Waals surface area contributed by atoms with E-state index in [4.69, 9.17) is 10.3 Å². The summed E-state index contributed by atoms with van der Waals surface area (Å²) in [5, 5.41) is 3.87. The summed E-state index contributed by atoms with van der Waals surface area (Å²) < 4.78 is 5.22. The van der Waals surface area contributed by atoms with E-state index in [0.717, 1.165) is 17.0 Å². The zero-order valence-electron chi connectivity index (χ0n) is 8.95. The Labute approximate surface area is 88.9 Å². The van der Waals surface area contributed by atoms with Gasteiger partial charge in [-0.25, -0.2) is 0 Å². The summed E-state index contributed by atoms with van der Waals surface area (Å²) in [6.07, 6.45) is 0. The zero-order valence-corrected chi connectivity index (χ0v) is 8.95. The number of aryl methyl sites for hydroxylation is 2. The Hall–Kier alpha value is -1.61. The molecule has 3 nitrogen and oxygen atoms in total. The van der Waals surface area contributed by atoms with Crippen molar-refractivity contribution in [1.82, 2.24) is 5.16 Å². The van der Waals surface area contributed by atoms with Gasteiger partial charge in [-0.2, -0.15) is 0 Å². The van der Waals surface area contributed by atoms with Crippen LogP contribution < -0.4 is 5.73 Å². The van der Waals surface area contributed by atoms with Crippen LogP contribution in [0.3, 0.4) is 0 Å². The van der Waals surface area contributed by atoms with Gasteiger partial charge in [0.25, 0.3) is 0 Å². The molecule has 0 atom stereocenters. The average Bonchev–Trinajstić information content (AvgIpc) is 2.64. The van der Waals surface area contributed by atoms with E-state index in [-0.39, 0.29) is 0 Å². The van der Waals surface area contributed by atoms with Crippen molar-refractivity contribution in [2.75, 3.05) is 0 Å². The van der Waals surface area contributed by atoms with E-state index in [1.165, 1.54) is 11.1 Å². The van der Waals surface area contributed by atoms with Crippen LogP contribution in [0.5, 0.6) is 0 Å². The lowest BCUT2D eigenvalue weighted by atomic mass is 10.1. The maximum atomic E-state index is 5.48. The first kappa shape index (κ1) is 9.93. The molecule has 2 rings (SSSR count). The zero-order chi connectivity index (χ0) is 10.8. The van der Waals surface area contributed by atoms with Crippen LogP contribution in [0.2, 0.25) is 0 Å². The summed E-state index contributed by atoms with van der Waals surface area (Å²) in [7, 11) is 0. The van der Waals surface area contributed by atoms with Gasteiger partial charge in [0.2, 0.25) is 0 Å². The Kier molecular flexibility index (Phi) is 2.56. The summed E-state index contributed by atoms with van der Waals surface area (Å²) in [5.41, 5.74) is 9.75. The topological polar surface area (TPSA) is 52.0 Å². The fraction of sp³-hybridized carbons (Fsp3) is 0.250. The highest BCUT2D eigenvalue weighted by atomic mass is 16.5. The molecule has 1 aromatic heterocycles. The van der Waals surface area contributed by atoms with E-state index in [0.29, 0.717) is 6.54 Å². The number of benzene rings is 1. The molecule has 0 fully saturated rings. The van der Waals surface area contributed by atoms with Crippen molar-refractivity contribution in [3.63, 3.8) is 0 Å². The molecule has 2 aromatic rings. The molecular formula is C12H14N2O. The summed E-state index contributed by atoms with van der Waals surface area (Å²) in [5.74, 6) is 0.780. The van der Waals surface area contributed by atoms with Gasteiger partial charge in [0.1, 0.15) is 0 Å². The molecule has 1 aromatic carbocycles. The van der Waals surface area contributed by atoms with E-state index < -0.39 is 0 Å². The molecule has 2 N–H and O–H groups in total. The standard InChI is InChI=1S/C12H14N2O/c1-8-3-9(2)5-10(4-8)12-6-11(7-13)14-15-12/h3-6H,7,13H2,1-2H3. The van der Waals surface area contributed by atoms with E-state index in [1.807, 2.05) is 6.07 Å². The van der Waals surface area contributed by atoms with Crippen LogP contribution in [-0.4, -0.2) is 5.16 Å². The van der Waals surface area contributed by atoms with Crippen molar-refractivity contribution in [3.8, 4) is 11.3 Å². The Morgan fingerprint density at radius 3 is 2.33 bits per heavy atom. The maximum absolute atomic E-state index is 5.48. The second-order valence-corrected chi connectivity index (χ2v) is 3.76. The summed E-state index contributed by atoms with van der Waals surface area (Å²) in [6, 6.07) is 8.17. The van der Waals surface area contributed by atoms with Gasteiger partial charge in [0, 0.05) is 18.2 Å². The van der Waals surface area contributed by atoms with Crippen molar-refractivity contribution in [1.29, 1.82) is 0 Å². The molecule has 0 spiro atoms. The minimum atomic E-state index is 0.411. The fourth-order valence-corrected chi connectivity index (χ4v) is 1.66. The van der Waals surface area contributed by atoms with Crippen molar-refractivity contribution in [2.45, 2.75) is 20.4 Å². The lowest BCUT2D eigenvalue weighted by Gasteiger charge is -2.00. The third-order valence-electron chi connectivity index (χ3n) is 2.27. The molecule has 1 heterocycles. The lowest BCUT2D eigenvalue weighted by Crippen LogP contribution is -1.94. The maximum Gasteiger partial charge on any atom is 0.167 e. The molecule has 0 aliphatic carbocycles. The SMILES string of the molecule is Cc1cc(C)cc(-c2cc(CN)no2)c1. The minimum absolute atomic E-state index is 0.411. The van der Waals surface area contributed by atoms with E-state index in [2.05, 4.69) is 37.2 Å². The molecule has 15 heavy (non-hydrogen) atoms. The van der Waals surface area contributed by atoms with Gasteiger partial charge < -0.3 is 10.3 Å². The number of nitrogens with two attached hydrogens (primary N) is 1. The molecule has 0 aliphatic heterocycles. The Morgan fingerprint density at radius 1 is 1.13 bits per heavy atom. The summed E-state index contributed by atoms with van der Waals surface area (Å²) in [4.78, 5) is 0.